The van der Waals surface area contributed by atoms with E-state index in [0.29, 0.717) is 33.4 Å². The molecule has 0 spiro atoms. The van der Waals surface area contributed by atoms with E-state index < -0.39 is 17.7 Å². The predicted molar refractivity (Wildman–Crippen MR) is 118 cm³/mol. The first-order chi connectivity index (χ1) is 15.4. The number of rotatable bonds is 6. The molecule has 1 saturated heterocycles. The van der Waals surface area contributed by atoms with Gasteiger partial charge in [-0.15, -0.1) is 0 Å². The van der Waals surface area contributed by atoms with E-state index in [4.69, 9.17) is 25.5 Å². The van der Waals surface area contributed by atoms with Gasteiger partial charge >= 0.3 is 0 Å². The maximum atomic E-state index is 13.1. The predicted octanol–water partition coefficient (Wildman–Crippen LogP) is 4.57. The fraction of sp³-hybridized carbons (Fsp3) is 0.167. The molecule has 164 valence electrons. The van der Waals surface area contributed by atoms with Crippen LogP contribution >= 0.6 is 11.6 Å². The van der Waals surface area contributed by atoms with Crippen LogP contribution in [0.5, 0.6) is 11.5 Å². The molecule has 2 aromatic carbocycles. The monoisotopic (exact) mass is 453 g/mol. The molecule has 3 aromatic rings. The minimum absolute atomic E-state index is 0.0314. The molecule has 0 bridgehead atoms. The highest BCUT2D eigenvalue weighted by atomic mass is 35.5. The summed E-state index contributed by atoms with van der Waals surface area (Å²) >= 11 is 6.03. The highest BCUT2D eigenvalue weighted by Crippen LogP contribution is 2.41. The molecular formula is C24H20ClNO6. The molecule has 1 aliphatic rings. The molecule has 2 heterocycles. The largest absolute Gasteiger partial charge is 0.507 e. The number of aliphatic hydroxyl groups is 1. The zero-order valence-electron chi connectivity index (χ0n) is 17.4. The topological polar surface area (TPSA) is 89.2 Å². The Morgan fingerprint density at radius 1 is 1.06 bits per heavy atom. The van der Waals surface area contributed by atoms with E-state index in [1.807, 2.05) is 0 Å². The van der Waals surface area contributed by atoms with Crippen LogP contribution in [-0.2, 0) is 16.1 Å². The number of carbonyl (C=O) groups excluding carboxylic acids is 2. The number of benzene rings is 2. The van der Waals surface area contributed by atoms with Gasteiger partial charge < -0.3 is 23.9 Å². The lowest BCUT2D eigenvalue weighted by Crippen LogP contribution is -2.29. The maximum absolute atomic E-state index is 13.1. The molecule has 1 atom stereocenters. The molecule has 0 aliphatic carbocycles. The molecule has 0 radical (unpaired) electrons. The summed E-state index contributed by atoms with van der Waals surface area (Å²) in [5.74, 6) is -0.476. The zero-order valence-corrected chi connectivity index (χ0v) is 18.1. The Balaban J connectivity index is 1.87. The van der Waals surface area contributed by atoms with Gasteiger partial charge in [0.15, 0.2) is 11.5 Å². The van der Waals surface area contributed by atoms with Gasteiger partial charge in [-0.25, -0.2) is 0 Å². The van der Waals surface area contributed by atoms with Crippen molar-refractivity contribution in [1.29, 1.82) is 0 Å². The Morgan fingerprint density at radius 3 is 2.41 bits per heavy atom. The van der Waals surface area contributed by atoms with Crippen LogP contribution in [0.25, 0.3) is 5.76 Å². The van der Waals surface area contributed by atoms with Crippen LogP contribution in [0.3, 0.4) is 0 Å². The number of hydrogen-bond donors (Lipinski definition) is 1. The van der Waals surface area contributed by atoms with Gasteiger partial charge in [0.1, 0.15) is 11.5 Å². The van der Waals surface area contributed by atoms with E-state index >= 15 is 0 Å². The molecule has 7 nitrogen and oxygen atoms in total. The van der Waals surface area contributed by atoms with Gasteiger partial charge in [0, 0.05) is 10.6 Å². The molecule has 1 fully saturated rings. The molecule has 1 aromatic heterocycles. The van der Waals surface area contributed by atoms with Crippen molar-refractivity contribution in [2.45, 2.75) is 12.6 Å². The second kappa shape index (κ2) is 8.80. The van der Waals surface area contributed by atoms with Crippen molar-refractivity contribution in [3.8, 4) is 11.5 Å². The number of Topliss-reactive ketones (excluding diaryl/α,β-unsaturated/α-hetero) is 1. The summed E-state index contributed by atoms with van der Waals surface area (Å²) in [4.78, 5) is 27.4. The first kappa shape index (κ1) is 21.5. The summed E-state index contributed by atoms with van der Waals surface area (Å²) in [5, 5.41) is 11.7. The average Bonchev–Trinajstić information content (AvgIpc) is 3.41. The third-order valence-corrected chi connectivity index (χ3v) is 5.54. The number of furan rings is 1. The van der Waals surface area contributed by atoms with Crippen LogP contribution in [0.2, 0.25) is 5.02 Å². The first-order valence-electron chi connectivity index (χ1n) is 9.73. The van der Waals surface area contributed by atoms with Crippen LogP contribution in [0, 0.1) is 0 Å². The van der Waals surface area contributed by atoms with Crippen molar-refractivity contribution >= 4 is 29.1 Å². The Kier molecular flexibility index (Phi) is 5.92. The van der Waals surface area contributed by atoms with Gasteiger partial charge in [-0.05, 0) is 48.0 Å². The fourth-order valence-corrected chi connectivity index (χ4v) is 3.87. The lowest BCUT2D eigenvalue weighted by Gasteiger charge is -2.24. The quantitative estimate of drug-likeness (QED) is 0.334. The van der Waals surface area contributed by atoms with Crippen molar-refractivity contribution in [2.75, 3.05) is 14.2 Å². The molecule has 1 unspecified atom stereocenters. The van der Waals surface area contributed by atoms with Crippen molar-refractivity contribution in [1.82, 2.24) is 4.90 Å². The molecule has 1 aliphatic heterocycles. The number of ketones is 1. The van der Waals surface area contributed by atoms with Gasteiger partial charge in [-0.1, -0.05) is 23.7 Å². The van der Waals surface area contributed by atoms with Crippen molar-refractivity contribution in [3.05, 3.63) is 88.3 Å². The number of methoxy groups -OCH3 is 2. The SMILES string of the molecule is COc1ccc(/C(O)=C2\C(=O)C(=O)N(Cc3ccco3)C2c2ccc(Cl)cc2)cc1OC. The van der Waals surface area contributed by atoms with E-state index in [-0.39, 0.29) is 17.9 Å². The van der Waals surface area contributed by atoms with Crippen LogP contribution in [0.15, 0.2) is 70.9 Å². The molecule has 32 heavy (non-hydrogen) atoms. The number of halogens is 1. The van der Waals surface area contributed by atoms with Gasteiger partial charge in [0.25, 0.3) is 11.7 Å². The summed E-state index contributed by atoms with van der Waals surface area (Å²) in [6, 6.07) is 14.1. The van der Waals surface area contributed by atoms with Crippen LogP contribution in [0.4, 0.5) is 0 Å². The van der Waals surface area contributed by atoms with Crippen molar-refractivity contribution in [2.24, 2.45) is 0 Å². The van der Waals surface area contributed by atoms with Gasteiger partial charge in [0.05, 0.1) is 38.6 Å². The maximum Gasteiger partial charge on any atom is 0.296 e. The van der Waals surface area contributed by atoms with E-state index in [0.717, 1.165) is 0 Å². The summed E-state index contributed by atoms with van der Waals surface area (Å²) < 4.78 is 15.9. The number of aliphatic hydroxyl groups excluding tert-OH is 1. The van der Waals surface area contributed by atoms with E-state index in [1.165, 1.54) is 25.4 Å². The summed E-state index contributed by atoms with van der Waals surface area (Å²) in [6.45, 7) is 0.0631. The van der Waals surface area contributed by atoms with Crippen molar-refractivity contribution in [3.63, 3.8) is 0 Å². The van der Waals surface area contributed by atoms with E-state index in [1.54, 1.807) is 54.6 Å². The Labute approximate surface area is 189 Å². The third-order valence-electron chi connectivity index (χ3n) is 5.29. The second-order valence-corrected chi connectivity index (χ2v) is 7.56. The minimum Gasteiger partial charge on any atom is -0.507 e. The Bertz CT molecular complexity index is 1180. The minimum atomic E-state index is -0.828. The average molecular weight is 454 g/mol. The summed E-state index contributed by atoms with van der Waals surface area (Å²) in [6.07, 6.45) is 1.49. The highest BCUT2D eigenvalue weighted by molar-refractivity contribution is 6.46. The normalized spacial score (nSPS) is 17.6. The molecular weight excluding hydrogens is 434 g/mol. The number of nitrogens with zero attached hydrogens (tertiary/aromatic N) is 1. The van der Waals surface area contributed by atoms with Crippen LogP contribution < -0.4 is 9.47 Å². The zero-order chi connectivity index (χ0) is 22.8. The van der Waals surface area contributed by atoms with Gasteiger partial charge in [-0.3, -0.25) is 9.59 Å². The Hall–Kier alpha value is -3.71. The second-order valence-electron chi connectivity index (χ2n) is 7.13. The fourth-order valence-electron chi connectivity index (χ4n) is 3.74. The van der Waals surface area contributed by atoms with Crippen molar-refractivity contribution < 1.29 is 28.6 Å². The lowest BCUT2D eigenvalue weighted by atomic mass is 9.95. The van der Waals surface area contributed by atoms with E-state index in [9.17, 15) is 14.7 Å². The highest BCUT2D eigenvalue weighted by Gasteiger charge is 2.46. The van der Waals surface area contributed by atoms with Crippen LogP contribution in [0.1, 0.15) is 22.9 Å². The Morgan fingerprint density at radius 2 is 1.78 bits per heavy atom. The smallest absolute Gasteiger partial charge is 0.296 e. The number of ether oxygens (including phenoxy) is 2. The van der Waals surface area contributed by atoms with Gasteiger partial charge in [-0.2, -0.15) is 0 Å². The first-order valence-corrected chi connectivity index (χ1v) is 10.1. The standard InChI is InChI=1S/C24H20ClNO6/c1-30-18-10-7-15(12-19(18)31-2)22(27)20-21(14-5-8-16(25)9-6-14)26(24(29)23(20)28)13-17-4-3-11-32-17/h3-12,21,27H,13H2,1-2H3/b22-20+. The molecule has 1 N–H and O–H groups in total. The molecule has 1 amide bonds. The lowest BCUT2D eigenvalue weighted by molar-refractivity contribution is -0.140. The summed E-state index contributed by atoms with van der Waals surface area (Å²) in [7, 11) is 2.97. The molecule has 0 saturated carbocycles. The number of amides is 1. The van der Waals surface area contributed by atoms with Crippen LogP contribution in [-0.4, -0.2) is 35.9 Å². The number of likely N-dealkylation sites (tertiary alicyclic amines) is 1. The summed E-state index contributed by atoms with van der Waals surface area (Å²) in [5.41, 5.74) is 0.913. The van der Waals surface area contributed by atoms with Gasteiger partial charge in [0.2, 0.25) is 0 Å². The number of hydrogen-bond acceptors (Lipinski definition) is 6. The van der Waals surface area contributed by atoms with E-state index in [2.05, 4.69) is 0 Å². The molecule has 8 heteroatoms. The molecule has 4 rings (SSSR count). The number of carbonyl (C=O) groups is 2. The third kappa shape index (κ3) is 3.83.